The SMILES string of the molecule is NC(=S)c1ccc(Br)cc1NC1CCC1. The zero-order valence-electron chi connectivity index (χ0n) is 8.29. The molecule has 1 fully saturated rings. The molecule has 0 bridgehead atoms. The van der Waals surface area contributed by atoms with E-state index in [-0.39, 0.29) is 0 Å². The molecule has 80 valence electrons. The summed E-state index contributed by atoms with van der Waals surface area (Å²) < 4.78 is 1.05. The van der Waals surface area contributed by atoms with Gasteiger partial charge in [0.25, 0.3) is 0 Å². The molecule has 4 heteroatoms. The minimum absolute atomic E-state index is 0.448. The van der Waals surface area contributed by atoms with Crippen molar-refractivity contribution in [1.29, 1.82) is 0 Å². The predicted molar refractivity (Wildman–Crippen MR) is 71.3 cm³/mol. The highest BCUT2D eigenvalue weighted by Crippen LogP contribution is 2.27. The molecule has 15 heavy (non-hydrogen) atoms. The molecular weight excluding hydrogens is 272 g/mol. The second-order valence-corrected chi connectivity index (χ2v) is 5.18. The first-order valence-electron chi connectivity index (χ1n) is 5.02. The van der Waals surface area contributed by atoms with Crippen LogP contribution in [0.15, 0.2) is 22.7 Å². The van der Waals surface area contributed by atoms with Gasteiger partial charge in [-0.05, 0) is 37.5 Å². The summed E-state index contributed by atoms with van der Waals surface area (Å²) in [5, 5.41) is 3.47. The number of benzene rings is 1. The van der Waals surface area contributed by atoms with Gasteiger partial charge >= 0.3 is 0 Å². The molecule has 1 aliphatic rings. The van der Waals surface area contributed by atoms with E-state index in [1.54, 1.807) is 0 Å². The van der Waals surface area contributed by atoms with Gasteiger partial charge < -0.3 is 11.1 Å². The Morgan fingerprint density at radius 1 is 1.47 bits per heavy atom. The third-order valence-corrected chi connectivity index (χ3v) is 3.43. The summed E-state index contributed by atoms with van der Waals surface area (Å²) in [6, 6.07) is 6.54. The Morgan fingerprint density at radius 2 is 2.20 bits per heavy atom. The van der Waals surface area contributed by atoms with E-state index in [0.717, 1.165) is 15.7 Å². The summed E-state index contributed by atoms with van der Waals surface area (Å²) in [6.45, 7) is 0. The van der Waals surface area contributed by atoms with Crippen LogP contribution in [0.3, 0.4) is 0 Å². The highest BCUT2D eigenvalue weighted by atomic mass is 79.9. The smallest absolute Gasteiger partial charge is 0.106 e. The van der Waals surface area contributed by atoms with Crippen molar-refractivity contribution in [2.24, 2.45) is 5.73 Å². The van der Waals surface area contributed by atoms with Crippen LogP contribution >= 0.6 is 28.1 Å². The van der Waals surface area contributed by atoms with E-state index in [1.165, 1.54) is 19.3 Å². The van der Waals surface area contributed by atoms with Crippen molar-refractivity contribution < 1.29 is 0 Å². The number of thiocarbonyl (C=S) groups is 1. The van der Waals surface area contributed by atoms with E-state index in [2.05, 4.69) is 21.2 Å². The highest BCUT2D eigenvalue weighted by Gasteiger charge is 2.18. The Balaban J connectivity index is 2.24. The van der Waals surface area contributed by atoms with Crippen molar-refractivity contribution in [3.8, 4) is 0 Å². The van der Waals surface area contributed by atoms with Crippen molar-refractivity contribution in [3.63, 3.8) is 0 Å². The average Bonchev–Trinajstić information content (AvgIpc) is 2.11. The van der Waals surface area contributed by atoms with Crippen LogP contribution in [0.25, 0.3) is 0 Å². The summed E-state index contributed by atoms with van der Waals surface area (Å²) in [7, 11) is 0. The first-order chi connectivity index (χ1) is 7.16. The van der Waals surface area contributed by atoms with E-state index in [9.17, 15) is 0 Å². The van der Waals surface area contributed by atoms with Gasteiger partial charge in [-0.3, -0.25) is 0 Å². The standard InChI is InChI=1S/C11H13BrN2S/c12-7-4-5-9(11(13)15)10(6-7)14-8-2-1-3-8/h4-6,8,14H,1-3H2,(H2,13,15). The first kappa shape index (κ1) is 10.9. The zero-order valence-corrected chi connectivity index (χ0v) is 10.7. The minimum Gasteiger partial charge on any atom is -0.389 e. The maximum absolute atomic E-state index is 5.68. The van der Waals surface area contributed by atoms with Crippen LogP contribution in [0, 0.1) is 0 Å². The normalized spacial score (nSPS) is 15.8. The van der Waals surface area contributed by atoms with Gasteiger partial charge in [0.1, 0.15) is 4.99 Å². The Labute approximate surface area is 103 Å². The fraction of sp³-hybridized carbons (Fsp3) is 0.364. The lowest BCUT2D eigenvalue weighted by atomic mass is 9.92. The number of halogens is 1. The van der Waals surface area contributed by atoms with Crippen LogP contribution in [0.1, 0.15) is 24.8 Å². The van der Waals surface area contributed by atoms with Crippen molar-refractivity contribution in [1.82, 2.24) is 0 Å². The van der Waals surface area contributed by atoms with Crippen molar-refractivity contribution >= 4 is 38.8 Å². The largest absolute Gasteiger partial charge is 0.389 e. The molecule has 2 nitrogen and oxygen atoms in total. The molecule has 0 atom stereocenters. The Hall–Kier alpha value is -0.610. The lowest BCUT2D eigenvalue weighted by molar-refractivity contribution is 0.445. The lowest BCUT2D eigenvalue weighted by Crippen LogP contribution is -2.28. The van der Waals surface area contributed by atoms with Gasteiger partial charge in [0.15, 0.2) is 0 Å². The number of rotatable bonds is 3. The van der Waals surface area contributed by atoms with Crippen LogP contribution in [0.2, 0.25) is 0 Å². The molecule has 1 aromatic carbocycles. The minimum atomic E-state index is 0.448. The van der Waals surface area contributed by atoms with Gasteiger partial charge in [-0.1, -0.05) is 28.1 Å². The average molecular weight is 285 g/mol. The van der Waals surface area contributed by atoms with Gasteiger partial charge in [0, 0.05) is 21.8 Å². The monoisotopic (exact) mass is 284 g/mol. The quantitative estimate of drug-likeness (QED) is 0.838. The first-order valence-corrected chi connectivity index (χ1v) is 6.23. The van der Waals surface area contributed by atoms with E-state index in [0.29, 0.717) is 11.0 Å². The van der Waals surface area contributed by atoms with Gasteiger partial charge in [0.2, 0.25) is 0 Å². The third kappa shape index (κ3) is 2.49. The highest BCUT2D eigenvalue weighted by molar-refractivity contribution is 9.10. The number of hydrogen-bond acceptors (Lipinski definition) is 2. The topological polar surface area (TPSA) is 38.0 Å². The fourth-order valence-corrected chi connectivity index (χ4v) is 2.16. The second kappa shape index (κ2) is 4.49. The summed E-state index contributed by atoms with van der Waals surface area (Å²) in [5.74, 6) is 0. The summed E-state index contributed by atoms with van der Waals surface area (Å²) >= 11 is 8.47. The van der Waals surface area contributed by atoms with Crippen LogP contribution < -0.4 is 11.1 Å². The number of anilines is 1. The fourth-order valence-electron chi connectivity index (χ4n) is 1.62. The molecule has 2 rings (SSSR count). The van der Waals surface area contributed by atoms with Gasteiger partial charge in [-0.15, -0.1) is 0 Å². The third-order valence-electron chi connectivity index (χ3n) is 2.71. The van der Waals surface area contributed by atoms with Gasteiger partial charge in [-0.25, -0.2) is 0 Å². The Kier molecular flexibility index (Phi) is 3.26. The maximum Gasteiger partial charge on any atom is 0.106 e. The molecule has 1 saturated carbocycles. The zero-order chi connectivity index (χ0) is 10.8. The molecule has 0 radical (unpaired) electrons. The van der Waals surface area contributed by atoms with E-state index < -0.39 is 0 Å². The molecular formula is C11H13BrN2S. The van der Waals surface area contributed by atoms with Crippen LogP contribution in [0.4, 0.5) is 5.69 Å². The molecule has 0 aromatic heterocycles. The Morgan fingerprint density at radius 3 is 2.73 bits per heavy atom. The van der Waals surface area contributed by atoms with Crippen molar-refractivity contribution in [3.05, 3.63) is 28.2 Å². The van der Waals surface area contributed by atoms with Gasteiger partial charge in [0.05, 0.1) is 0 Å². The molecule has 0 heterocycles. The molecule has 3 N–H and O–H groups in total. The van der Waals surface area contributed by atoms with Gasteiger partial charge in [-0.2, -0.15) is 0 Å². The summed E-state index contributed by atoms with van der Waals surface area (Å²) in [5.41, 5.74) is 7.65. The molecule has 0 spiro atoms. The molecule has 1 aliphatic carbocycles. The van der Waals surface area contributed by atoms with E-state index in [1.807, 2.05) is 18.2 Å². The van der Waals surface area contributed by atoms with E-state index in [4.69, 9.17) is 18.0 Å². The van der Waals surface area contributed by atoms with Crippen molar-refractivity contribution in [2.75, 3.05) is 5.32 Å². The van der Waals surface area contributed by atoms with Crippen molar-refractivity contribution in [2.45, 2.75) is 25.3 Å². The summed E-state index contributed by atoms with van der Waals surface area (Å²) in [4.78, 5) is 0.448. The predicted octanol–water partition coefficient (Wildman–Crippen LogP) is 3.05. The summed E-state index contributed by atoms with van der Waals surface area (Å²) in [6.07, 6.45) is 3.79. The molecule has 0 saturated heterocycles. The van der Waals surface area contributed by atoms with Crippen LogP contribution in [-0.2, 0) is 0 Å². The Bertz CT molecular complexity index is 388. The van der Waals surface area contributed by atoms with Crippen LogP contribution in [-0.4, -0.2) is 11.0 Å². The number of nitrogens with two attached hydrogens (primary N) is 1. The second-order valence-electron chi connectivity index (χ2n) is 3.83. The molecule has 0 amide bonds. The number of hydrogen-bond donors (Lipinski definition) is 2. The van der Waals surface area contributed by atoms with E-state index >= 15 is 0 Å². The molecule has 0 unspecified atom stereocenters. The lowest BCUT2D eigenvalue weighted by Gasteiger charge is -2.28. The van der Waals surface area contributed by atoms with Crippen LogP contribution in [0.5, 0.6) is 0 Å². The molecule has 1 aromatic rings. The maximum atomic E-state index is 5.68. The number of nitrogens with one attached hydrogen (secondary N) is 1. The molecule has 0 aliphatic heterocycles.